The number of carbonyl (C=O) groups excluding carboxylic acids is 1. The average Bonchev–Trinajstić information content (AvgIpc) is 3.27. The smallest absolute Gasteiger partial charge is 0.327 e. The van der Waals surface area contributed by atoms with Crippen molar-refractivity contribution in [3.05, 3.63) is 53.9 Å². The van der Waals surface area contributed by atoms with Crippen molar-refractivity contribution in [2.75, 3.05) is 25.2 Å². The quantitative estimate of drug-likeness (QED) is 0.785. The maximum absolute atomic E-state index is 12.9. The minimum absolute atomic E-state index is 0.0233. The lowest BCUT2D eigenvalue weighted by Gasteiger charge is -2.21. The molecular weight excluding hydrogens is 340 g/mol. The van der Waals surface area contributed by atoms with E-state index in [1.807, 2.05) is 35.2 Å². The Bertz CT molecular complexity index is 857. The molecule has 138 valence electrons. The second-order valence-electron chi connectivity index (χ2n) is 6.79. The Morgan fingerprint density at radius 1 is 1.07 bits per heavy atom. The van der Waals surface area contributed by atoms with Crippen molar-refractivity contribution in [2.45, 2.75) is 31.3 Å². The third-order valence-corrected chi connectivity index (χ3v) is 5.14. The van der Waals surface area contributed by atoms with E-state index in [9.17, 15) is 4.79 Å². The number of anilines is 1. The fraction of sp³-hybridized carbons (Fsp3) is 0.381. The van der Waals surface area contributed by atoms with Crippen molar-refractivity contribution in [2.24, 2.45) is 0 Å². The van der Waals surface area contributed by atoms with Gasteiger partial charge in [-0.1, -0.05) is 30.0 Å². The maximum Gasteiger partial charge on any atom is 0.327 e. The monoisotopic (exact) mass is 362 g/mol. The normalized spacial score (nSPS) is 21.1. The summed E-state index contributed by atoms with van der Waals surface area (Å²) in [6, 6.07) is 10.1. The molecule has 6 heteroatoms. The second-order valence-corrected chi connectivity index (χ2v) is 6.79. The molecule has 2 amide bonds. The van der Waals surface area contributed by atoms with Crippen LogP contribution in [0.25, 0.3) is 0 Å². The summed E-state index contributed by atoms with van der Waals surface area (Å²) in [5.74, 6) is 6.62. The molecule has 0 radical (unpaired) electrons. The number of fused-ring (bicyclic) bond motifs is 1. The van der Waals surface area contributed by atoms with Gasteiger partial charge in [-0.2, -0.15) is 0 Å². The van der Waals surface area contributed by atoms with E-state index in [1.165, 1.54) is 0 Å². The number of nitrogens with zero attached hydrogens (tertiary/aromatic N) is 4. The van der Waals surface area contributed by atoms with Crippen LogP contribution in [0, 0.1) is 11.8 Å². The molecule has 2 fully saturated rings. The molecule has 1 saturated carbocycles. The molecular formula is C21H22N4O2. The molecule has 1 aromatic heterocycles. The Kier molecular flexibility index (Phi) is 5.03. The largest absolute Gasteiger partial charge is 0.383 e. The Morgan fingerprint density at radius 2 is 1.78 bits per heavy atom. The van der Waals surface area contributed by atoms with Crippen LogP contribution in [0.3, 0.4) is 0 Å². The summed E-state index contributed by atoms with van der Waals surface area (Å²) in [5, 5.41) is 0. The predicted molar refractivity (Wildman–Crippen MR) is 102 cm³/mol. The number of methoxy groups -OCH3 is 1. The highest BCUT2D eigenvalue weighted by Gasteiger charge is 2.49. The van der Waals surface area contributed by atoms with Crippen LogP contribution in [0.1, 0.15) is 30.4 Å². The summed E-state index contributed by atoms with van der Waals surface area (Å²) in [7, 11) is 1.66. The predicted octanol–water partition coefficient (Wildman–Crippen LogP) is 2.69. The van der Waals surface area contributed by atoms with Gasteiger partial charge in [0, 0.05) is 31.6 Å². The van der Waals surface area contributed by atoms with Gasteiger partial charge in [-0.25, -0.2) is 14.8 Å². The fourth-order valence-electron chi connectivity index (χ4n) is 3.87. The zero-order valence-corrected chi connectivity index (χ0v) is 15.3. The van der Waals surface area contributed by atoms with Crippen molar-refractivity contribution in [1.29, 1.82) is 0 Å². The van der Waals surface area contributed by atoms with E-state index in [0.29, 0.717) is 19.1 Å². The van der Waals surface area contributed by atoms with E-state index in [4.69, 9.17) is 4.74 Å². The van der Waals surface area contributed by atoms with Gasteiger partial charge >= 0.3 is 6.03 Å². The van der Waals surface area contributed by atoms with E-state index in [2.05, 4.69) is 21.8 Å². The number of rotatable bonds is 4. The Labute approximate surface area is 159 Å². The molecule has 2 aliphatic rings. The molecule has 1 aromatic carbocycles. The SMILES string of the molecule is COCCN1C(=O)N(c2ncc(C#Cc3ccccc3)cn2)[C@@H]2CCC[C@@H]21. The van der Waals surface area contributed by atoms with Crippen LogP contribution in [0.4, 0.5) is 10.7 Å². The molecule has 2 atom stereocenters. The van der Waals surface area contributed by atoms with E-state index >= 15 is 0 Å². The number of aromatic nitrogens is 2. The van der Waals surface area contributed by atoms with Gasteiger partial charge in [-0.05, 0) is 31.4 Å². The van der Waals surface area contributed by atoms with Gasteiger partial charge < -0.3 is 9.64 Å². The first kappa shape index (κ1) is 17.5. The second kappa shape index (κ2) is 7.77. The minimum atomic E-state index is -0.0233. The maximum atomic E-state index is 12.9. The zero-order chi connectivity index (χ0) is 18.6. The van der Waals surface area contributed by atoms with E-state index in [-0.39, 0.29) is 18.1 Å². The molecule has 1 aliphatic carbocycles. The highest BCUT2D eigenvalue weighted by Crippen LogP contribution is 2.36. The Balaban J connectivity index is 1.53. The van der Waals surface area contributed by atoms with Crippen LogP contribution in [-0.2, 0) is 4.74 Å². The van der Waals surface area contributed by atoms with Gasteiger partial charge in [0.15, 0.2) is 0 Å². The van der Waals surface area contributed by atoms with Gasteiger partial charge in [0.25, 0.3) is 0 Å². The zero-order valence-electron chi connectivity index (χ0n) is 15.3. The van der Waals surface area contributed by atoms with Crippen LogP contribution in [0.2, 0.25) is 0 Å². The van der Waals surface area contributed by atoms with E-state index < -0.39 is 0 Å². The first-order valence-electron chi connectivity index (χ1n) is 9.26. The standard InChI is InChI=1S/C21H22N4O2/c1-27-13-12-24-18-8-5-9-19(18)25(21(24)26)20-22-14-17(15-23-20)11-10-16-6-3-2-4-7-16/h2-4,6-7,14-15,18-19H,5,8-9,12-13H2,1H3/t18-,19+/m0/s1. The molecule has 0 spiro atoms. The lowest BCUT2D eigenvalue weighted by atomic mass is 10.2. The Morgan fingerprint density at radius 3 is 2.52 bits per heavy atom. The molecule has 27 heavy (non-hydrogen) atoms. The third-order valence-electron chi connectivity index (χ3n) is 5.14. The van der Waals surface area contributed by atoms with Crippen LogP contribution in [-0.4, -0.2) is 53.2 Å². The molecule has 6 nitrogen and oxygen atoms in total. The Hall–Kier alpha value is -2.91. The van der Waals surface area contributed by atoms with E-state index in [0.717, 1.165) is 30.4 Å². The van der Waals surface area contributed by atoms with Crippen molar-refractivity contribution >= 4 is 12.0 Å². The molecule has 1 aliphatic heterocycles. The minimum Gasteiger partial charge on any atom is -0.383 e. The molecule has 1 saturated heterocycles. The third kappa shape index (κ3) is 3.51. The summed E-state index contributed by atoms with van der Waals surface area (Å²) in [6.45, 7) is 1.14. The lowest BCUT2D eigenvalue weighted by molar-refractivity contribution is 0.146. The number of benzene rings is 1. The molecule has 0 bridgehead atoms. The summed E-state index contributed by atoms with van der Waals surface area (Å²) in [6.07, 6.45) is 6.50. The van der Waals surface area contributed by atoms with Crippen LogP contribution in [0.5, 0.6) is 0 Å². The fourth-order valence-corrected chi connectivity index (χ4v) is 3.87. The van der Waals surface area contributed by atoms with Gasteiger partial charge in [0.2, 0.25) is 5.95 Å². The van der Waals surface area contributed by atoms with Gasteiger partial charge in [0.05, 0.1) is 24.3 Å². The van der Waals surface area contributed by atoms with Crippen molar-refractivity contribution in [3.63, 3.8) is 0 Å². The van der Waals surface area contributed by atoms with E-state index in [1.54, 1.807) is 24.4 Å². The summed E-state index contributed by atoms with van der Waals surface area (Å²) in [4.78, 5) is 25.4. The van der Waals surface area contributed by atoms with Crippen LogP contribution >= 0.6 is 0 Å². The first-order chi connectivity index (χ1) is 13.3. The average molecular weight is 362 g/mol. The summed E-state index contributed by atoms with van der Waals surface area (Å²) in [5.41, 5.74) is 1.67. The number of amides is 2. The number of hydrogen-bond donors (Lipinski definition) is 0. The highest BCUT2D eigenvalue weighted by molar-refractivity contribution is 5.94. The molecule has 0 unspecified atom stereocenters. The van der Waals surface area contributed by atoms with Crippen LogP contribution < -0.4 is 4.90 Å². The van der Waals surface area contributed by atoms with Gasteiger partial charge in [-0.15, -0.1) is 0 Å². The van der Waals surface area contributed by atoms with Gasteiger partial charge in [0.1, 0.15) is 0 Å². The molecule has 2 heterocycles. The van der Waals surface area contributed by atoms with Crippen molar-refractivity contribution in [3.8, 4) is 11.8 Å². The number of hydrogen-bond acceptors (Lipinski definition) is 4. The highest BCUT2D eigenvalue weighted by atomic mass is 16.5. The molecule has 4 rings (SSSR count). The van der Waals surface area contributed by atoms with Crippen LogP contribution in [0.15, 0.2) is 42.7 Å². The number of urea groups is 1. The molecule has 2 aromatic rings. The number of carbonyl (C=O) groups is 1. The molecule has 0 N–H and O–H groups in total. The van der Waals surface area contributed by atoms with Gasteiger partial charge in [-0.3, -0.25) is 4.90 Å². The van der Waals surface area contributed by atoms with Crippen molar-refractivity contribution < 1.29 is 9.53 Å². The number of ether oxygens (including phenoxy) is 1. The first-order valence-corrected chi connectivity index (χ1v) is 9.26. The lowest BCUT2D eigenvalue weighted by Crippen LogP contribution is -2.37. The topological polar surface area (TPSA) is 58.6 Å². The van der Waals surface area contributed by atoms with Crippen molar-refractivity contribution in [1.82, 2.24) is 14.9 Å². The summed E-state index contributed by atoms with van der Waals surface area (Å²) < 4.78 is 5.16. The summed E-state index contributed by atoms with van der Waals surface area (Å²) >= 11 is 0.